The molecule has 0 saturated heterocycles. The quantitative estimate of drug-likeness (QED) is 0.387. The lowest BCUT2D eigenvalue weighted by Gasteiger charge is -2.09. The summed E-state index contributed by atoms with van der Waals surface area (Å²) in [4.78, 5) is 19.1. The Morgan fingerprint density at radius 2 is 1.85 bits per heavy atom. The van der Waals surface area contributed by atoms with Crippen LogP contribution in [0.1, 0.15) is 22.3 Å². The number of aromatic nitrogens is 4. The summed E-state index contributed by atoms with van der Waals surface area (Å²) in [5.41, 5.74) is 2.66. The summed E-state index contributed by atoms with van der Waals surface area (Å²) < 4.78 is 26.0. The molecule has 1 N–H and O–H groups in total. The van der Waals surface area contributed by atoms with Gasteiger partial charge >= 0.3 is 0 Å². The van der Waals surface area contributed by atoms with Gasteiger partial charge in [0.15, 0.2) is 0 Å². The van der Waals surface area contributed by atoms with Gasteiger partial charge in [0.2, 0.25) is 0 Å². The number of rotatable bonds is 9. The third-order valence-electron chi connectivity index (χ3n) is 4.95. The number of H-pyrrole nitrogens is 1. The van der Waals surface area contributed by atoms with Crippen molar-refractivity contribution in [1.29, 1.82) is 0 Å². The fourth-order valence-corrected chi connectivity index (χ4v) is 3.40. The Hall–Kier alpha value is -3.65. The van der Waals surface area contributed by atoms with Crippen molar-refractivity contribution < 1.29 is 13.9 Å². The maximum Gasteiger partial charge on any atom is 0.296 e. The van der Waals surface area contributed by atoms with Crippen molar-refractivity contribution in [2.45, 2.75) is 19.5 Å². The molecule has 0 unspecified atom stereocenters. The molecule has 0 aliphatic rings. The Bertz CT molecular complexity index is 1290. The topological polar surface area (TPSA) is 82.0 Å². The minimum atomic E-state index is -0.650. The van der Waals surface area contributed by atoms with Crippen molar-refractivity contribution in [3.8, 4) is 17.5 Å². The molecular weight excluding hydrogens is 447 g/mol. The fourth-order valence-electron chi connectivity index (χ4n) is 3.23. The minimum absolute atomic E-state index is 0.182. The van der Waals surface area contributed by atoms with Crippen LogP contribution >= 0.6 is 11.6 Å². The van der Waals surface area contributed by atoms with Gasteiger partial charge in [0.05, 0.1) is 12.8 Å². The van der Waals surface area contributed by atoms with Gasteiger partial charge in [-0.1, -0.05) is 23.7 Å². The number of halogens is 2. The molecule has 33 heavy (non-hydrogen) atoms. The molecule has 4 aromatic rings. The molecule has 7 nitrogen and oxygen atoms in total. The fraction of sp³-hybridized carbons (Fsp3) is 0.208. The number of hydrogen-bond acceptors (Lipinski definition) is 5. The Morgan fingerprint density at radius 1 is 1.06 bits per heavy atom. The summed E-state index contributed by atoms with van der Waals surface area (Å²) in [6.45, 7) is -0.301. The number of alkyl halides is 1. The summed E-state index contributed by atoms with van der Waals surface area (Å²) in [6.07, 6.45) is 6.18. The molecule has 0 saturated carbocycles. The maximum atomic E-state index is 13.0. The molecule has 0 bridgehead atoms. The van der Waals surface area contributed by atoms with E-state index < -0.39 is 6.67 Å². The first kappa shape index (κ1) is 22.5. The molecule has 9 heteroatoms. The summed E-state index contributed by atoms with van der Waals surface area (Å²) in [5, 5.41) is 4.47. The number of aryl methyl sites for hydroxylation is 1. The van der Waals surface area contributed by atoms with Crippen LogP contribution in [0.25, 0.3) is 0 Å². The molecule has 2 heterocycles. The minimum Gasteiger partial charge on any atom is -0.464 e. The molecule has 0 spiro atoms. The van der Waals surface area contributed by atoms with Gasteiger partial charge in [0.1, 0.15) is 18.2 Å². The summed E-state index contributed by atoms with van der Waals surface area (Å²) in [6, 6.07) is 12.6. The van der Waals surface area contributed by atoms with Gasteiger partial charge < -0.3 is 9.47 Å². The SMILES string of the molecule is Cn1cc(Cc2cnc(OCCc3ccc(Oc4ccc(Cl)c(CF)c4)cc3)[nH]c2=O)cn1. The second-order valence-electron chi connectivity index (χ2n) is 7.47. The van der Waals surface area contributed by atoms with Gasteiger partial charge in [0.25, 0.3) is 11.6 Å². The van der Waals surface area contributed by atoms with E-state index >= 15 is 0 Å². The number of benzene rings is 2. The number of nitrogens with one attached hydrogen (secondary N) is 1. The van der Waals surface area contributed by atoms with Gasteiger partial charge in [-0.3, -0.25) is 14.5 Å². The largest absolute Gasteiger partial charge is 0.464 e. The average Bonchev–Trinajstić information content (AvgIpc) is 3.22. The van der Waals surface area contributed by atoms with Crippen molar-refractivity contribution >= 4 is 11.6 Å². The van der Waals surface area contributed by atoms with Crippen LogP contribution in [0.4, 0.5) is 4.39 Å². The van der Waals surface area contributed by atoms with Crippen LogP contribution in [-0.2, 0) is 26.6 Å². The molecular formula is C24H22ClFN4O3. The van der Waals surface area contributed by atoms with E-state index in [0.717, 1.165) is 11.1 Å². The first-order chi connectivity index (χ1) is 16.0. The van der Waals surface area contributed by atoms with Crippen molar-refractivity contribution in [1.82, 2.24) is 19.7 Å². The zero-order valence-electron chi connectivity index (χ0n) is 17.9. The van der Waals surface area contributed by atoms with Gasteiger partial charge in [-0.15, -0.1) is 0 Å². The van der Waals surface area contributed by atoms with E-state index in [0.29, 0.717) is 47.1 Å². The van der Waals surface area contributed by atoms with Crippen molar-refractivity contribution in [2.75, 3.05) is 6.61 Å². The van der Waals surface area contributed by atoms with E-state index in [-0.39, 0.29) is 11.6 Å². The van der Waals surface area contributed by atoms with Crippen molar-refractivity contribution in [3.05, 3.63) is 98.7 Å². The number of aromatic amines is 1. The van der Waals surface area contributed by atoms with Crippen LogP contribution < -0.4 is 15.0 Å². The smallest absolute Gasteiger partial charge is 0.296 e. The molecule has 4 rings (SSSR count). The summed E-state index contributed by atoms with van der Waals surface area (Å²) in [7, 11) is 1.83. The Balaban J connectivity index is 1.29. The van der Waals surface area contributed by atoms with Crippen LogP contribution in [0.2, 0.25) is 5.02 Å². The van der Waals surface area contributed by atoms with E-state index in [9.17, 15) is 9.18 Å². The maximum absolute atomic E-state index is 13.0. The van der Waals surface area contributed by atoms with E-state index in [1.165, 1.54) is 6.20 Å². The highest BCUT2D eigenvalue weighted by Crippen LogP contribution is 2.27. The number of nitrogens with zero attached hydrogens (tertiary/aromatic N) is 3. The Kier molecular flexibility index (Phi) is 7.04. The van der Waals surface area contributed by atoms with Crippen LogP contribution in [0.5, 0.6) is 17.5 Å². The zero-order valence-corrected chi connectivity index (χ0v) is 18.7. The highest BCUT2D eigenvalue weighted by Gasteiger charge is 2.07. The highest BCUT2D eigenvalue weighted by molar-refractivity contribution is 6.31. The normalized spacial score (nSPS) is 10.9. The van der Waals surface area contributed by atoms with Gasteiger partial charge in [0, 0.05) is 48.4 Å². The predicted molar refractivity (Wildman–Crippen MR) is 123 cm³/mol. The molecule has 0 radical (unpaired) electrons. The Labute approximate surface area is 194 Å². The zero-order chi connectivity index (χ0) is 23.2. The van der Waals surface area contributed by atoms with Crippen LogP contribution in [0, 0.1) is 0 Å². The van der Waals surface area contributed by atoms with Gasteiger partial charge in [-0.2, -0.15) is 5.10 Å². The van der Waals surface area contributed by atoms with E-state index in [1.807, 2.05) is 37.5 Å². The lowest BCUT2D eigenvalue weighted by atomic mass is 10.1. The highest BCUT2D eigenvalue weighted by atomic mass is 35.5. The lowest BCUT2D eigenvalue weighted by molar-refractivity contribution is 0.295. The van der Waals surface area contributed by atoms with Crippen LogP contribution in [0.15, 0.2) is 65.8 Å². The van der Waals surface area contributed by atoms with Crippen LogP contribution in [0.3, 0.4) is 0 Å². The van der Waals surface area contributed by atoms with Crippen molar-refractivity contribution in [3.63, 3.8) is 0 Å². The van der Waals surface area contributed by atoms with E-state index in [1.54, 1.807) is 29.1 Å². The predicted octanol–water partition coefficient (Wildman–Crippen LogP) is 4.63. The third-order valence-corrected chi connectivity index (χ3v) is 5.32. The number of ether oxygens (including phenoxy) is 2. The summed E-state index contributed by atoms with van der Waals surface area (Å²) in [5.74, 6) is 1.15. The standard InChI is InChI=1S/C24H22ClFN4O3/c1-30-15-17(13-28-30)10-19-14-27-24(29-23(19)31)32-9-8-16-2-4-20(5-3-16)33-21-6-7-22(25)18(11-21)12-26/h2-7,11,13-15H,8-10,12H2,1H3,(H,27,29,31). The molecule has 2 aromatic carbocycles. The molecule has 0 atom stereocenters. The van der Waals surface area contributed by atoms with Gasteiger partial charge in [-0.25, -0.2) is 9.37 Å². The number of hydrogen-bond donors (Lipinski definition) is 1. The van der Waals surface area contributed by atoms with E-state index in [2.05, 4.69) is 15.1 Å². The first-order valence-corrected chi connectivity index (χ1v) is 10.7. The molecule has 0 aliphatic carbocycles. The second-order valence-corrected chi connectivity index (χ2v) is 7.88. The molecule has 170 valence electrons. The van der Waals surface area contributed by atoms with Crippen LogP contribution in [-0.4, -0.2) is 26.4 Å². The molecule has 2 aromatic heterocycles. The second kappa shape index (κ2) is 10.3. The van der Waals surface area contributed by atoms with E-state index in [4.69, 9.17) is 21.1 Å². The van der Waals surface area contributed by atoms with Gasteiger partial charge in [-0.05, 0) is 41.5 Å². The average molecular weight is 469 g/mol. The molecule has 0 aliphatic heterocycles. The Morgan fingerprint density at radius 3 is 2.55 bits per heavy atom. The monoisotopic (exact) mass is 468 g/mol. The third kappa shape index (κ3) is 5.98. The first-order valence-electron chi connectivity index (χ1n) is 10.3. The lowest BCUT2D eigenvalue weighted by Crippen LogP contribution is -2.16. The summed E-state index contributed by atoms with van der Waals surface area (Å²) >= 11 is 5.93. The molecule has 0 fully saturated rings. The van der Waals surface area contributed by atoms with Crippen molar-refractivity contribution in [2.24, 2.45) is 7.05 Å². The molecule has 0 amide bonds.